The van der Waals surface area contributed by atoms with E-state index in [4.69, 9.17) is 20.3 Å². The van der Waals surface area contributed by atoms with Crippen LogP contribution in [0.1, 0.15) is 12.5 Å². The van der Waals surface area contributed by atoms with Crippen molar-refractivity contribution in [3.8, 4) is 22.8 Å². The summed E-state index contributed by atoms with van der Waals surface area (Å²) in [6.07, 6.45) is 5.78. The minimum absolute atomic E-state index is 0.00234. The number of amides is 1. The molecule has 1 fully saturated rings. The summed E-state index contributed by atoms with van der Waals surface area (Å²) in [5.74, 6) is 1.86. The number of rotatable bonds is 10. The molecule has 1 aliphatic rings. The Labute approximate surface area is 227 Å². The molecule has 0 radical (unpaired) electrons. The SMILES string of the molecule is COCCN(C)CC=CC(=O)N1CC[C@@H](n2nc(-c3ccc(Oc4ccccc4)cc3)c3c(N)ncnc32)C1. The highest BCUT2D eigenvalue weighted by molar-refractivity contribution is 5.98. The number of para-hydroxylation sites is 1. The highest BCUT2D eigenvalue weighted by Crippen LogP contribution is 2.35. The first-order chi connectivity index (χ1) is 19.0. The van der Waals surface area contributed by atoms with Gasteiger partial charge in [-0.15, -0.1) is 0 Å². The number of ether oxygens (including phenoxy) is 2. The molecule has 5 rings (SSSR count). The third-order valence-electron chi connectivity index (χ3n) is 6.80. The highest BCUT2D eigenvalue weighted by Gasteiger charge is 2.30. The van der Waals surface area contributed by atoms with E-state index in [2.05, 4.69) is 14.9 Å². The van der Waals surface area contributed by atoms with E-state index in [0.29, 0.717) is 48.8 Å². The zero-order valence-corrected chi connectivity index (χ0v) is 22.2. The van der Waals surface area contributed by atoms with Crippen LogP contribution in [0.25, 0.3) is 22.3 Å². The van der Waals surface area contributed by atoms with Gasteiger partial charge in [-0.3, -0.25) is 4.79 Å². The van der Waals surface area contributed by atoms with Crippen LogP contribution in [0.3, 0.4) is 0 Å². The van der Waals surface area contributed by atoms with Gasteiger partial charge in [0, 0.05) is 44.9 Å². The molecule has 2 aromatic carbocycles. The van der Waals surface area contributed by atoms with Crippen molar-refractivity contribution >= 4 is 22.8 Å². The van der Waals surface area contributed by atoms with Crippen LogP contribution in [0.2, 0.25) is 0 Å². The Morgan fingerprint density at radius 2 is 1.90 bits per heavy atom. The first-order valence-electron chi connectivity index (χ1n) is 13.0. The Balaban J connectivity index is 1.32. The fraction of sp³-hybridized carbons (Fsp3) is 0.310. The lowest BCUT2D eigenvalue weighted by molar-refractivity contribution is -0.125. The van der Waals surface area contributed by atoms with Gasteiger partial charge in [-0.05, 0) is 49.9 Å². The Kier molecular flexibility index (Phi) is 8.14. The van der Waals surface area contributed by atoms with E-state index in [-0.39, 0.29) is 11.9 Å². The van der Waals surface area contributed by atoms with Crippen molar-refractivity contribution in [1.82, 2.24) is 29.5 Å². The van der Waals surface area contributed by atoms with E-state index < -0.39 is 0 Å². The third kappa shape index (κ3) is 6.08. The van der Waals surface area contributed by atoms with Gasteiger partial charge in [0.05, 0.1) is 18.0 Å². The van der Waals surface area contributed by atoms with Gasteiger partial charge in [0.2, 0.25) is 5.91 Å². The molecular weight excluding hydrogens is 494 g/mol. The largest absolute Gasteiger partial charge is 0.457 e. The van der Waals surface area contributed by atoms with Gasteiger partial charge in [0.1, 0.15) is 29.3 Å². The predicted molar refractivity (Wildman–Crippen MR) is 150 cm³/mol. The van der Waals surface area contributed by atoms with Crippen molar-refractivity contribution in [2.45, 2.75) is 12.5 Å². The standard InChI is InChI=1S/C29H33N7O3/c1-34(17-18-38-2)15-6-9-25(37)35-16-14-22(19-35)36-29-26(28(30)31-20-32-29)27(33-36)21-10-12-24(13-11-21)39-23-7-4-3-5-8-23/h3-13,20,22H,14-19H2,1-2H3,(H2,30,31,32)/t22-/m1/s1. The topological polar surface area (TPSA) is 112 Å². The monoisotopic (exact) mass is 527 g/mol. The smallest absolute Gasteiger partial charge is 0.246 e. The van der Waals surface area contributed by atoms with Gasteiger partial charge in [-0.1, -0.05) is 24.3 Å². The van der Waals surface area contributed by atoms with Crippen LogP contribution in [-0.4, -0.2) is 82.4 Å². The highest BCUT2D eigenvalue weighted by atomic mass is 16.5. The summed E-state index contributed by atoms with van der Waals surface area (Å²) < 4.78 is 12.9. The van der Waals surface area contributed by atoms with E-state index in [0.717, 1.165) is 30.0 Å². The lowest BCUT2D eigenvalue weighted by Crippen LogP contribution is -2.28. The van der Waals surface area contributed by atoms with Crippen LogP contribution in [0.15, 0.2) is 73.1 Å². The zero-order valence-electron chi connectivity index (χ0n) is 22.2. The van der Waals surface area contributed by atoms with Crippen molar-refractivity contribution < 1.29 is 14.3 Å². The van der Waals surface area contributed by atoms with Gasteiger partial charge in [0.25, 0.3) is 0 Å². The normalized spacial score (nSPS) is 15.6. The molecule has 0 aliphatic carbocycles. The number of nitrogens with zero attached hydrogens (tertiary/aromatic N) is 6. The summed E-state index contributed by atoms with van der Waals surface area (Å²) in [4.78, 5) is 25.5. The number of likely N-dealkylation sites (tertiary alicyclic amines) is 1. The molecule has 1 aliphatic heterocycles. The van der Waals surface area contributed by atoms with Crippen LogP contribution in [0.4, 0.5) is 5.82 Å². The van der Waals surface area contributed by atoms with Crippen LogP contribution >= 0.6 is 0 Å². The second-order valence-corrected chi connectivity index (χ2v) is 9.57. The molecular formula is C29H33N7O3. The van der Waals surface area contributed by atoms with E-state index in [1.54, 1.807) is 13.2 Å². The quantitative estimate of drug-likeness (QED) is 0.310. The average molecular weight is 528 g/mol. The molecule has 0 saturated carbocycles. The molecule has 0 bridgehead atoms. The minimum Gasteiger partial charge on any atom is -0.457 e. The van der Waals surface area contributed by atoms with Crippen LogP contribution in [0.5, 0.6) is 11.5 Å². The minimum atomic E-state index is -0.0158. The average Bonchev–Trinajstić information content (AvgIpc) is 3.59. The van der Waals surface area contributed by atoms with E-state index in [1.165, 1.54) is 6.33 Å². The zero-order chi connectivity index (χ0) is 27.2. The molecule has 3 heterocycles. The molecule has 2 aromatic heterocycles. The third-order valence-corrected chi connectivity index (χ3v) is 6.80. The Morgan fingerprint density at radius 1 is 1.13 bits per heavy atom. The summed E-state index contributed by atoms with van der Waals surface area (Å²) in [7, 11) is 3.68. The van der Waals surface area contributed by atoms with Gasteiger partial charge >= 0.3 is 0 Å². The summed E-state index contributed by atoms with van der Waals surface area (Å²) >= 11 is 0. The number of aromatic nitrogens is 4. The number of nitrogen functional groups attached to an aromatic ring is 1. The number of carbonyl (C=O) groups is 1. The lowest BCUT2D eigenvalue weighted by atomic mass is 10.1. The molecule has 202 valence electrons. The molecule has 0 unspecified atom stereocenters. The molecule has 1 atom stereocenters. The second-order valence-electron chi connectivity index (χ2n) is 9.57. The van der Waals surface area contributed by atoms with Crippen molar-refractivity contribution in [3.63, 3.8) is 0 Å². The summed E-state index contributed by atoms with van der Waals surface area (Å²) in [5, 5.41) is 5.65. The molecule has 4 aromatic rings. The summed E-state index contributed by atoms with van der Waals surface area (Å²) in [6.45, 7) is 3.35. The summed E-state index contributed by atoms with van der Waals surface area (Å²) in [6, 6.07) is 17.3. The molecule has 2 N–H and O–H groups in total. The number of benzene rings is 2. The number of fused-ring (bicyclic) bond motifs is 1. The van der Waals surface area contributed by atoms with E-state index in [9.17, 15) is 4.79 Å². The number of anilines is 1. The summed E-state index contributed by atoms with van der Waals surface area (Å²) in [5.41, 5.74) is 8.56. The van der Waals surface area contributed by atoms with Crippen LogP contribution < -0.4 is 10.5 Å². The van der Waals surface area contributed by atoms with Crippen LogP contribution in [-0.2, 0) is 9.53 Å². The molecule has 10 nitrogen and oxygen atoms in total. The van der Waals surface area contributed by atoms with Gasteiger partial charge < -0.3 is 25.0 Å². The van der Waals surface area contributed by atoms with Crippen LogP contribution in [0, 0.1) is 0 Å². The van der Waals surface area contributed by atoms with Gasteiger partial charge in [0.15, 0.2) is 5.65 Å². The Hall–Kier alpha value is -4.28. The lowest BCUT2D eigenvalue weighted by Gasteiger charge is -2.16. The molecule has 1 amide bonds. The second kappa shape index (κ2) is 12.1. The molecule has 0 spiro atoms. The number of methoxy groups -OCH3 is 1. The van der Waals surface area contributed by atoms with Crippen molar-refractivity contribution in [3.05, 3.63) is 73.1 Å². The van der Waals surface area contributed by atoms with Crippen molar-refractivity contribution in [1.29, 1.82) is 0 Å². The number of hydrogen-bond acceptors (Lipinski definition) is 8. The fourth-order valence-corrected chi connectivity index (χ4v) is 4.68. The first kappa shape index (κ1) is 26.3. The number of nitrogens with two attached hydrogens (primary N) is 1. The Morgan fingerprint density at radius 3 is 2.67 bits per heavy atom. The number of hydrogen-bond donors (Lipinski definition) is 1. The molecule has 10 heteroatoms. The van der Waals surface area contributed by atoms with E-state index >= 15 is 0 Å². The van der Waals surface area contributed by atoms with Crippen molar-refractivity contribution in [2.75, 3.05) is 52.7 Å². The first-order valence-corrected chi connectivity index (χ1v) is 13.0. The number of likely N-dealkylation sites (N-methyl/N-ethyl adjacent to an activating group) is 1. The maximum absolute atomic E-state index is 12.8. The Bertz CT molecular complexity index is 1440. The molecule has 39 heavy (non-hydrogen) atoms. The van der Waals surface area contributed by atoms with Crippen molar-refractivity contribution in [2.24, 2.45) is 0 Å². The number of carbonyl (C=O) groups excluding carboxylic acids is 1. The predicted octanol–water partition coefficient (Wildman–Crippen LogP) is 3.78. The van der Waals surface area contributed by atoms with Gasteiger partial charge in [-0.2, -0.15) is 5.10 Å². The maximum atomic E-state index is 12.8. The van der Waals surface area contributed by atoms with Gasteiger partial charge in [-0.25, -0.2) is 14.6 Å². The van der Waals surface area contributed by atoms with E-state index in [1.807, 2.05) is 77.3 Å². The molecule has 1 saturated heterocycles. The maximum Gasteiger partial charge on any atom is 0.246 e. The fourth-order valence-electron chi connectivity index (χ4n) is 4.68.